The fraction of sp³-hybridized carbons (Fsp3) is 0.300. The van der Waals surface area contributed by atoms with Crippen LogP contribution in [0.3, 0.4) is 0 Å². The summed E-state index contributed by atoms with van der Waals surface area (Å²) in [4.78, 5) is 11.3. The van der Waals surface area contributed by atoms with Crippen molar-refractivity contribution in [3.63, 3.8) is 0 Å². The van der Waals surface area contributed by atoms with Crippen LogP contribution in [-0.4, -0.2) is 12.0 Å². The number of carbonyl (C=O) groups is 1. The summed E-state index contributed by atoms with van der Waals surface area (Å²) in [5, 5.41) is 0. The van der Waals surface area contributed by atoms with Crippen LogP contribution in [0.25, 0.3) is 0 Å². The van der Waals surface area contributed by atoms with E-state index in [4.69, 9.17) is 10.5 Å². The van der Waals surface area contributed by atoms with Crippen LogP contribution in [0, 0.1) is 0 Å². The lowest BCUT2D eigenvalue weighted by Crippen LogP contribution is -2.24. The zero-order valence-corrected chi connectivity index (χ0v) is 7.36. The van der Waals surface area contributed by atoms with Crippen LogP contribution in [0.4, 0.5) is 0 Å². The number of rotatable bonds is 1. The molecule has 3 nitrogen and oxygen atoms in total. The summed E-state index contributed by atoms with van der Waals surface area (Å²) in [7, 11) is 0. The minimum absolute atomic E-state index is 0.160. The molecule has 0 saturated carbocycles. The molecule has 1 aromatic rings. The van der Waals surface area contributed by atoms with Crippen LogP contribution in [0.1, 0.15) is 28.9 Å². The molecule has 2 N–H and O–H groups in total. The number of hydrogen-bond donors (Lipinski definition) is 1. The minimum Gasteiger partial charge on any atom is -0.452 e. The predicted octanol–water partition coefficient (Wildman–Crippen LogP) is 1.25. The molecule has 13 heavy (non-hydrogen) atoms. The summed E-state index contributed by atoms with van der Waals surface area (Å²) in [6, 6.07) is 7.20. The van der Waals surface area contributed by atoms with Gasteiger partial charge in [0.05, 0.1) is 5.56 Å². The van der Waals surface area contributed by atoms with E-state index in [0.717, 1.165) is 5.56 Å². The Hall–Kier alpha value is -1.35. The fourth-order valence-corrected chi connectivity index (χ4v) is 1.56. The molecule has 0 saturated heterocycles. The second-order valence-electron chi connectivity index (χ2n) is 3.27. The van der Waals surface area contributed by atoms with Gasteiger partial charge in [0, 0.05) is 11.6 Å². The monoisotopic (exact) mass is 177 g/mol. The molecule has 1 aliphatic rings. The maximum Gasteiger partial charge on any atom is 0.339 e. The van der Waals surface area contributed by atoms with Gasteiger partial charge in [-0.25, -0.2) is 4.79 Å². The van der Waals surface area contributed by atoms with Crippen LogP contribution < -0.4 is 5.73 Å². The van der Waals surface area contributed by atoms with Gasteiger partial charge < -0.3 is 10.5 Å². The summed E-state index contributed by atoms with van der Waals surface area (Å²) in [5.41, 5.74) is 7.25. The number of nitrogens with two attached hydrogens (primary N) is 1. The first-order valence-corrected chi connectivity index (χ1v) is 4.25. The van der Waals surface area contributed by atoms with Gasteiger partial charge in [0.2, 0.25) is 0 Å². The Bertz CT molecular complexity index is 347. The molecule has 2 rings (SSSR count). The molecular weight excluding hydrogens is 166 g/mol. The molecule has 1 heterocycles. The number of benzene rings is 1. The zero-order valence-electron chi connectivity index (χ0n) is 7.36. The average molecular weight is 177 g/mol. The first kappa shape index (κ1) is 8.26. The lowest BCUT2D eigenvalue weighted by Gasteiger charge is -2.13. The highest BCUT2D eigenvalue weighted by Gasteiger charge is 2.32. The van der Waals surface area contributed by atoms with Crippen molar-refractivity contribution in [2.45, 2.75) is 19.1 Å². The Labute approximate surface area is 76.5 Å². The van der Waals surface area contributed by atoms with Crippen molar-refractivity contribution >= 4 is 5.97 Å². The minimum atomic E-state index is -0.274. The maximum absolute atomic E-state index is 11.3. The lowest BCUT2D eigenvalue weighted by molar-refractivity contribution is 0.0342. The third-order valence-corrected chi connectivity index (χ3v) is 2.20. The third kappa shape index (κ3) is 1.21. The Morgan fingerprint density at radius 3 is 2.85 bits per heavy atom. The summed E-state index contributed by atoms with van der Waals surface area (Å²) in [5.74, 6) is -0.266. The van der Waals surface area contributed by atoms with E-state index in [0.29, 0.717) is 5.56 Å². The first-order valence-electron chi connectivity index (χ1n) is 4.25. The molecular formula is C10H11NO2. The van der Waals surface area contributed by atoms with E-state index in [1.54, 1.807) is 6.07 Å². The molecule has 3 heteroatoms. The number of cyclic esters (lactones) is 1. The van der Waals surface area contributed by atoms with E-state index in [1.807, 2.05) is 25.1 Å². The molecule has 0 aromatic heterocycles. The van der Waals surface area contributed by atoms with Crippen molar-refractivity contribution in [2.24, 2.45) is 5.73 Å². The number of ether oxygens (including phenoxy) is 1. The van der Waals surface area contributed by atoms with E-state index in [-0.39, 0.29) is 18.1 Å². The van der Waals surface area contributed by atoms with Crippen LogP contribution in [0.15, 0.2) is 24.3 Å². The van der Waals surface area contributed by atoms with Crippen molar-refractivity contribution in [3.05, 3.63) is 35.4 Å². The van der Waals surface area contributed by atoms with Crippen molar-refractivity contribution in [2.75, 3.05) is 0 Å². The zero-order chi connectivity index (χ0) is 9.42. The summed E-state index contributed by atoms with van der Waals surface area (Å²) in [6.07, 6.45) is -0.274. The van der Waals surface area contributed by atoms with Gasteiger partial charge in [-0.1, -0.05) is 18.2 Å². The van der Waals surface area contributed by atoms with Gasteiger partial charge in [0.15, 0.2) is 0 Å². The van der Waals surface area contributed by atoms with Crippen molar-refractivity contribution < 1.29 is 9.53 Å². The standard InChI is InChI=1S/C10H11NO2/c1-6(11)9-7-4-2-3-5-8(7)10(12)13-9/h2-6,9H,11H2,1H3. The first-order chi connectivity index (χ1) is 6.20. The quantitative estimate of drug-likeness (QED) is 0.657. The van der Waals surface area contributed by atoms with Crippen molar-refractivity contribution in [3.8, 4) is 0 Å². The SMILES string of the molecule is CC(N)C1OC(=O)c2ccccc21. The van der Waals surface area contributed by atoms with Crippen molar-refractivity contribution in [1.82, 2.24) is 0 Å². The maximum atomic E-state index is 11.3. The number of fused-ring (bicyclic) bond motifs is 1. The van der Waals surface area contributed by atoms with Gasteiger partial charge >= 0.3 is 5.97 Å². The van der Waals surface area contributed by atoms with E-state index < -0.39 is 0 Å². The highest BCUT2D eigenvalue weighted by atomic mass is 16.5. The number of carbonyl (C=O) groups excluding carboxylic acids is 1. The Morgan fingerprint density at radius 1 is 1.46 bits per heavy atom. The normalized spacial score (nSPS) is 22.3. The molecule has 0 aliphatic carbocycles. The molecule has 0 spiro atoms. The van der Waals surface area contributed by atoms with Gasteiger partial charge in [0.25, 0.3) is 0 Å². The van der Waals surface area contributed by atoms with Crippen LogP contribution in [-0.2, 0) is 4.74 Å². The summed E-state index contributed by atoms with van der Waals surface area (Å²) in [6.45, 7) is 1.83. The van der Waals surface area contributed by atoms with Gasteiger partial charge in [-0.05, 0) is 13.0 Å². The van der Waals surface area contributed by atoms with Gasteiger partial charge in [-0.3, -0.25) is 0 Å². The Kier molecular flexibility index (Phi) is 1.81. The molecule has 0 fully saturated rings. The molecule has 68 valence electrons. The topological polar surface area (TPSA) is 52.3 Å². The molecule has 0 bridgehead atoms. The highest BCUT2D eigenvalue weighted by Crippen LogP contribution is 2.31. The predicted molar refractivity (Wildman–Crippen MR) is 48.2 cm³/mol. The van der Waals surface area contributed by atoms with Crippen molar-refractivity contribution in [1.29, 1.82) is 0 Å². The third-order valence-electron chi connectivity index (χ3n) is 2.20. The number of esters is 1. The smallest absolute Gasteiger partial charge is 0.339 e. The molecule has 1 aromatic carbocycles. The van der Waals surface area contributed by atoms with Gasteiger partial charge in [-0.15, -0.1) is 0 Å². The summed E-state index contributed by atoms with van der Waals surface area (Å²) >= 11 is 0. The molecule has 0 amide bonds. The van der Waals surface area contributed by atoms with Crippen LogP contribution in [0.2, 0.25) is 0 Å². The second-order valence-corrected chi connectivity index (χ2v) is 3.27. The van der Waals surface area contributed by atoms with E-state index in [1.165, 1.54) is 0 Å². The van der Waals surface area contributed by atoms with E-state index in [9.17, 15) is 4.79 Å². The van der Waals surface area contributed by atoms with Crippen LogP contribution >= 0.6 is 0 Å². The summed E-state index contributed by atoms with van der Waals surface area (Å²) < 4.78 is 5.13. The number of hydrogen-bond acceptors (Lipinski definition) is 3. The average Bonchev–Trinajstić information content (AvgIpc) is 2.45. The van der Waals surface area contributed by atoms with Gasteiger partial charge in [-0.2, -0.15) is 0 Å². The fourth-order valence-electron chi connectivity index (χ4n) is 1.56. The van der Waals surface area contributed by atoms with Crippen LogP contribution in [0.5, 0.6) is 0 Å². The Balaban J connectivity index is 2.47. The lowest BCUT2D eigenvalue weighted by atomic mass is 10.0. The second kappa shape index (κ2) is 2.85. The van der Waals surface area contributed by atoms with E-state index >= 15 is 0 Å². The van der Waals surface area contributed by atoms with Gasteiger partial charge in [0.1, 0.15) is 6.10 Å². The molecule has 2 atom stereocenters. The molecule has 0 radical (unpaired) electrons. The molecule has 2 unspecified atom stereocenters. The van der Waals surface area contributed by atoms with E-state index in [2.05, 4.69) is 0 Å². The Morgan fingerprint density at radius 2 is 2.15 bits per heavy atom. The largest absolute Gasteiger partial charge is 0.452 e. The highest BCUT2D eigenvalue weighted by molar-refractivity contribution is 5.94. The molecule has 1 aliphatic heterocycles.